The normalized spacial score (nSPS) is 9.52. The van der Waals surface area contributed by atoms with Crippen molar-refractivity contribution in [3.05, 3.63) is 59.8 Å². The first-order valence-electron chi connectivity index (χ1n) is 17.7. The van der Waals surface area contributed by atoms with Gasteiger partial charge < -0.3 is 58.4 Å². The van der Waals surface area contributed by atoms with Gasteiger partial charge in [0.1, 0.15) is 5.57 Å². The van der Waals surface area contributed by atoms with Crippen LogP contribution in [-0.4, -0.2) is 105 Å². The Kier molecular flexibility index (Phi) is 30.9. The quantitative estimate of drug-likeness (QED) is 0.0271. The highest BCUT2D eigenvalue weighted by Crippen LogP contribution is 2.31. The molecule has 2 aromatic carbocycles. The lowest BCUT2D eigenvalue weighted by Crippen LogP contribution is -2.19. The number of anilines is 2. The van der Waals surface area contributed by atoms with Crippen LogP contribution in [0, 0.1) is 0 Å². The van der Waals surface area contributed by atoms with Crippen LogP contribution in [0.1, 0.15) is 54.9 Å². The van der Waals surface area contributed by atoms with Gasteiger partial charge in [-0.2, -0.15) is 0 Å². The van der Waals surface area contributed by atoms with Crippen LogP contribution in [-0.2, 0) is 47.6 Å². The van der Waals surface area contributed by atoms with Crippen LogP contribution in [0.2, 0.25) is 0 Å². The third-order valence-corrected chi connectivity index (χ3v) is 6.51. The van der Waals surface area contributed by atoms with Crippen molar-refractivity contribution in [3.63, 3.8) is 0 Å². The average molecular weight is 795 g/mol. The highest BCUT2D eigenvalue weighted by molar-refractivity contribution is 6.14. The summed E-state index contributed by atoms with van der Waals surface area (Å²) >= 11 is 0. The molecule has 0 radical (unpaired) electrons. The minimum atomic E-state index is -0.756. The van der Waals surface area contributed by atoms with Crippen molar-refractivity contribution < 1.29 is 66.5 Å². The van der Waals surface area contributed by atoms with Crippen LogP contribution in [0.3, 0.4) is 0 Å². The van der Waals surface area contributed by atoms with Crippen molar-refractivity contribution in [1.29, 1.82) is 0 Å². The molecule has 0 spiro atoms. The molecule has 3 N–H and O–H groups in total. The Morgan fingerprint density at radius 3 is 1.39 bits per heavy atom. The number of benzene rings is 2. The fourth-order valence-corrected chi connectivity index (χ4v) is 3.97. The number of hydrogen-bond donors (Lipinski definition) is 2. The molecule has 0 bridgehead atoms. The monoisotopic (exact) mass is 794 g/mol. The zero-order chi connectivity index (χ0) is 41.4. The van der Waals surface area contributed by atoms with Gasteiger partial charge in [-0.25, -0.2) is 19.2 Å². The van der Waals surface area contributed by atoms with Crippen LogP contribution in [0.4, 0.5) is 11.4 Å². The first kappa shape index (κ1) is 52.6. The van der Waals surface area contributed by atoms with Crippen LogP contribution in [0.5, 0.6) is 23.0 Å². The minimum absolute atomic E-state index is 0. The Balaban J connectivity index is 0. The molecular formula is C40H62N2O14. The highest BCUT2D eigenvalue weighted by atomic mass is 16.6. The zero-order valence-corrected chi connectivity index (χ0v) is 33.5. The molecule has 16 heteroatoms. The number of allylic oxidation sites excluding steroid dienone is 1. The molecule has 0 aliphatic carbocycles. The fourth-order valence-electron chi connectivity index (χ4n) is 3.97. The maximum Gasteiger partial charge on any atom is 0.347 e. The second-order valence-electron chi connectivity index (χ2n) is 10.5. The van der Waals surface area contributed by atoms with Crippen molar-refractivity contribution in [2.45, 2.75) is 54.9 Å². The third kappa shape index (κ3) is 21.4. The lowest BCUT2D eigenvalue weighted by molar-refractivity contribution is -0.148. The number of methoxy groups -OCH3 is 4. The van der Waals surface area contributed by atoms with Crippen LogP contribution in [0.15, 0.2) is 59.8 Å². The minimum Gasteiger partial charge on any atom is -0.493 e. The molecule has 0 unspecified atom stereocenters. The second-order valence-corrected chi connectivity index (χ2v) is 10.5. The molecule has 0 aliphatic rings. The van der Waals surface area contributed by atoms with E-state index in [0.717, 1.165) is 12.8 Å². The van der Waals surface area contributed by atoms with E-state index in [0.29, 0.717) is 60.8 Å². The topological polar surface area (TPSA) is 199 Å². The summed E-state index contributed by atoms with van der Waals surface area (Å²) < 4.78 is 50.7. The van der Waals surface area contributed by atoms with Gasteiger partial charge >= 0.3 is 23.9 Å². The summed E-state index contributed by atoms with van der Waals surface area (Å²) in [6.45, 7) is 11.4. The van der Waals surface area contributed by atoms with E-state index in [2.05, 4.69) is 14.8 Å². The maximum atomic E-state index is 12.0. The largest absolute Gasteiger partial charge is 0.493 e. The molecule has 0 heterocycles. The Morgan fingerprint density at radius 2 is 1.00 bits per heavy atom. The second kappa shape index (κ2) is 32.9. The number of esters is 4. The number of ether oxygens (including phenoxy) is 10. The van der Waals surface area contributed by atoms with Crippen LogP contribution in [0.25, 0.3) is 0 Å². The van der Waals surface area contributed by atoms with Gasteiger partial charge in [-0.1, -0.05) is 13.5 Å². The number of carbonyl (C=O) groups is 4. The number of nitrogens with two attached hydrogens (primary N) is 1. The molecule has 0 fully saturated rings. The molecule has 316 valence electrons. The van der Waals surface area contributed by atoms with E-state index in [9.17, 15) is 19.2 Å². The first-order valence-corrected chi connectivity index (χ1v) is 17.7. The van der Waals surface area contributed by atoms with Gasteiger partial charge in [-0.15, -0.1) is 0 Å². The summed E-state index contributed by atoms with van der Waals surface area (Å²) in [5, 5.41) is 2.89. The van der Waals surface area contributed by atoms with Gasteiger partial charge in [0, 0.05) is 70.0 Å². The molecule has 0 saturated carbocycles. The van der Waals surface area contributed by atoms with Crippen molar-refractivity contribution in [2.24, 2.45) is 0 Å². The molecule has 2 rings (SSSR count). The van der Waals surface area contributed by atoms with Crippen molar-refractivity contribution >= 4 is 35.3 Å². The van der Waals surface area contributed by atoms with E-state index in [1.54, 1.807) is 99.5 Å². The van der Waals surface area contributed by atoms with E-state index in [1.807, 2.05) is 0 Å². The van der Waals surface area contributed by atoms with Gasteiger partial charge in [0.2, 0.25) is 0 Å². The van der Waals surface area contributed by atoms with Crippen molar-refractivity contribution in [3.8, 4) is 23.0 Å². The lowest BCUT2D eigenvalue weighted by atomic mass is 10.2. The summed E-state index contributed by atoms with van der Waals surface area (Å²) in [7, 11) is 6.45. The highest BCUT2D eigenvalue weighted by Gasteiger charge is 2.21. The number of rotatable bonds is 22. The molecule has 0 atom stereocenters. The molecule has 56 heavy (non-hydrogen) atoms. The predicted octanol–water partition coefficient (Wildman–Crippen LogP) is 5.92. The lowest BCUT2D eigenvalue weighted by Gasteiger charge is -2.13. The summed E-state index contributed by atoms with van der Waals surface area (Å²) in [4.78, 5) is 46.1. The Labute approximate surface area is 331 Å². The Morgan fingerprint density at radius 1 is 0.589 bits per heavy atom. The van der Waals surface area contributed by atoms with Gasteiger partial charge in [-0.05, 0) is 58.9 Å². The van der Waals surface area contributed by atoms with Gasteiger partial charge in [0.15, 0.2) is 28.6 Å². The molecule has 0 aliphatic heterocycles. The predicted molar refractivity (Wildman–Crippen MR) is 213 cm³/mol. The number of carbonyl (C=O) groups excluding carboxylic acids is 4. The summed E-state index contributed by atoms with van der Waals surface area (Å²) in [5.74, 6) is -0.318. The van der Waals surface area contributed by atoms with Crippen molar-refractivity contribution in [2.75, 3.05) is 92.3 Å². The molecular weight excluding hydrogens is 732 g/mol. The summed E-state index contributed by atoms with van der Waals surface area (Å²) in [5.41, 5.74) is 6.64. The maximum absolute atomic E-state index is 12.0. The zero-order valence-electron chi connectivity index (χ0n) is 33.5. The molecule has 2 aromatic rings. The van der Waals surface area contributed by atoms with E-state index in [-0.39, 0.29) is 45.0 Å². The summed E-state index contributed by atoms with van der Waals surface area (Å²) in [6, 6.07) is 10.5. The first-order chi connectivity index (χ1) is 26.5. The smallest absolute Gasteiger partial charge is 0.347 e. The SMILES string of the molecule is C.CC=C(C(=O)OCC)C(=O)OCC.CCOC(=O)C(=CNc1ccc(OC)c(OCCCOC)c1)C(=O)OCC.COCCCOc1cc(N)ccc1OC. The Bertz CT molecular complexity index is 1450. The fraction of sp³-hybridized carbons (Fsp3) is 0.500. The third-order valence-electron chi connectivity index (χ3n) is 6.51. The van der Waals surface area contributed by atoms with E-state index in [4.69, 9.17) is 43.6 Å². The molecule has 0 amide bonds. The molecule has 0 saturated heterocycles. The summed E-state index contributed by atoms with van der Waals surface area (Å²) in [6.07, 6.45) is 4.21. The average Bonchev–Trinajstić information content (AvgIpc) is 3.16. The molecule has 16 nitrogen and oxygen atoms in total. The van der Waals surface area contributed by atoms with E-state index < -0.39 is 23.9 Å². The number of nitrogens with one attached hydrogen (secondary N) is 1. The Hall–Kier alpha value is -5.48. The standard InChI is InChI=1S/C19H27NO7.C11H17NO3.C9H14O4.CH4/c1-5-25-18(21)15(19(22)26-6-2)13-20-14-8-9-16(24-4)17(12-14)27-11-7-10-23-3;1-13-6-3-7-15-11-8-9(12)4-5-10(11)14-2;1-4-7(8(10)12-5-2)9(11)13-6-3;/h8-9,12-13,20H,5-7,10-11H2,1-4H3;4-5,8H,3,6-7,12H2,1-2H3;4H,5-6H2,1-3H3;1H4. The van der Waals surface area contributed by atoms with E-state index >= 15 is 0 Å². The number of nitrogen functional groups attached to an aromatic ring is 1. The van der Waals surface area contributed by atoms with Gasteiger partial charge in [0.25, 0.3) is 0 Å². The van der Waals surface area contributed by atoms with E-state index in [1.165, 1.54) is 12.3 Å². The van der Waals surface area contributed by atoms with Crippen LogP contribution < -0.4 is 30.0 Å². The van der Waals surface area contributed by atoms with Crippen LogP contribution >= 0.6 is 0 Å². The molecule has 0 aromatic heterocycles. The number of hydrogen-bond acceptors (Lipinski definition) is 16. The van der Waals surface area contributed by atoms with Gasteiger partial charge in [0.05, 0.1) is 53.9 Å². The van der Waals surface area contributed by atoms with Gasteiger partial charge in [-0.3, -0.25) is 0 Å². The van der Waals surface area contributed by atoms with Crippen molar-refractivity contribution in [1.82, 2.24) is 0 Å².